The van der Waals surface area contributed by atoms with Gasteiger partial charge in [-0.2, -0.15) is 0 Å². The number of piperidine rings is 1. The Morgan fingerprint density at radius 2 is 2.30 bits per heavy atom. The van der Waals surface area contributed by atoms with Crippen molar-refractivity contribution in [2.45, 2.75) is 26.2 Å². The number of benzene rings is 1. The lowest BCUT2D eigenvalue weighted by Gasteiger charge is -2.34. The Labute approximate surface area is 117 Å². The molecule has 2 rings (SSSR count). The topological polar surface area (TPSA) is 83.7 Å². The average Bonchev–Trinajstić information content (AvgIpc) is 2.46. The second-order valence-electron chi connectivity index (χ2n) is 5.13. The fourth-order valence-corrected chi connectivity index (χ4v) is 2.68. The van der Waals surface area contributed by atoms with E-state index in [1.54, 1.807) is 6.07 Å². The summed E-state index contributed by atoms with van der Waals surface area (Å²) in [6, 6.07) is 4.36. The number of anilines is 1. The third-order valence-electron chi connectivity index (χ3n) is 3.87. The highest BCUT2D eigenvalue weighted by Crippen LogP contribution is 2.29. The van der Waals surface area contributed by atoms with Gasteiger partial charge in [0.2, 0.25) is 0 Å². The first-order valence-corrected chi connectivity index (χ1v) is 6.79. The van der Waals surface area contributed by atoms with Gasteiger partial charge in [0.25, 0.3) is 5.69 Å². The zero-order valence-corrected chi connectivity index (χ0v) is 11.4. The molecule has 1 atom stereocenters. The smallest absolute Gasteiger partial charge is 0.342 e. The number of hydrogen-bond donors (Lipinski definition) is 1. The van der Waals surface area contributed by atoms with E-state index in [1.165, 1.54) is 18.6 Å². The number of hydrogen-bond acceptors (Lipinski definition) is 4. The number of rotatable bonds is 4. The molecule has 1 fully saturated rings. The predicted octanol–water partition coefficient (Wildman–Crippen LogP) is 2.92. The van der Waals surface area contributed by atoms with Crippen LogP contribution in [0.4, 0.5) is 11.4 Å². The highest BCUT2D eigenvalue weighted by atomic mass is 16.6. The molecule has 1 saturated heterocycles. The molecule has 1 aromatic rings. The molecule has 0 spiro atoms. The molecule has 6 nitrogen and oxygen atoms in total. The zero-order chi connectivity index (χ0) is 14.7. The lowest BCUT2D eigenvalue weighted by Crippen LogP contribution is -2.35. The number of nitro groups is 1. The van der Waals surface area contributed by atoms with Crippen LogP contribution < -0.4 is 4.90 Å². The van der Waals surface area contributed by atoms with Crippen LogP contribution in [0.25, 0.3) is 0 Å². The molecule has 1 N–H and O–H groups in total. The van der Waals surface area contributed by atoms with Crippen molar-refractivity contribution in [3.05, 3.63) is 33.9 Å². The van der Waals surface area contributed by atoms with Gasteiger partial charge in [0.05, 0.1) is 4.92 Å². The van der Waals surface area contributed by atoms with Crippen LogP contribution in [0.15, 0.2) is 18.2 Å². The maximum atomic E-state index is 11.0. The normalized spacial score (nSPS) is 18.9. The van der Waals surface area contributed by atoms with Crippen molar-refractivity contribution in [2.24, 2.45) is 5.92 Å². The molecule has 0 bridgehead atoms. The molecule has 0 saturated carbocycles. The molecule has 108 valence electrons. The van der Waals surface area contributed by atoms with Gasteiger partial charge >= 0.3 is 5.97 Å². The molecular weight excluding hydrogens is 260 g/mol. The minimum absolute atomic E-state index is 0.261. The van der Waals surface area contributed by atoms with Crippen molar-refractivity contribution in [3.8, 4) is 0 Å². The SMILES string of the molecule is CCC1CCCN(c2ccc(C(=O)O)c([N+](=O)[O-])c2)C1. The van der Waals surface area contributed by atoms with E-state index in [9.17, 15) is 14.9 Å². The Bertz CT molecular complexity index is 530. The van der Waals surface area contributed by atoms with E-state index >= 15 is 0 Å². The molecule has 0 aliphatic carbocycles. The van der Waals surface area contributed by atoms with Crippen molar-refractivity contribution in [1.29, 1.82) is 0 Å². The first-order chi connectivity index (χ1) is 9.52. The number of carbonyl (C=O) groups is 1. The number of carboxylic acids is 1. The summed E-state index contributed by atoms with van der Waals surface area (Å²) in [5.74, 6) is -0.671. The van der Waals surface area contributed by atoms with Gasteiger partial charge in [-0.05, 0) is 30.9 Å². The Balaban J connectivity index is 2.31. The average molecular weight is 278 g/mol. The van der Waals surface area contributed by atoms with Crippen LogP contribution in [0.5, 0.6) is 0 Å². The van der Waals surface area contributed by atoms with Crippen molar-refractivity contribution >= 4 is 17.3 Å². The summed E-state index contributed by atoms with van der Waals surface area (Å²) in [4.78, 5) is 23.5. The van der Waals surface area contributed by atoms with Crippen molar-refractivity contribution in [3.63, 3.8) is 0 Å². The largest absolute Gasteiger partial charge is 0.477 e. The predicted molar refractivity (Wildman–Crippen MR) is 75.3 cm³/mol. The van der Waals surface area contributed by atoms with Gasteiger partial charge in [-0.25, -0.2) is 4.79 Å². The summed E-state index contributed by atoms with van der Waals surface area (Å²) >= 11 is 0. The van der Waals surface area contributed by atoms with Crippen LogP contribution in [0.3, 0.4) is 0 Å². The lowest BCUT2D eigenvalue weighted by molar-refractivity contribution is -0.385. The third-order valence-corrected chi connectivity index (χ3v) is 3.87. The number of carboxylic acid groups (broad SMARTS) is 1. The standard InChI is InChI=1S/C14H18N2O4/c1-2-10-4-3-7-15(9-10)11-5-6-12(14(17)18)13(8-11)16(19)20/h5-6,8,10H,2-4,7,9H2,1H3,(H,17,18). The van der Waals surface area contributed by atoms with Crippen LogP contribution in [0, 0.1) is 16.0 Å². The van der Waals surface area contributed by atoms with E-state index in [2.05, 4.69) is 11.8 Å². The van der Waals surface area contributed by atoms with Gasteiger partial charge in [0.1, 0.15) is 5.56 Å². The van der Waals surface area contributed by atoms with E-state index in [0.29, 0.717) is 5.92 Å². The van der Waals surface area contributed by atoms with E-state index in [4.69, 9.17) is 5.11 Å². The summed E-state index contributed by atoms with van der Waals surface area (Å²) in [5.41, 5.74) is 0.135. The molecule has 1 aliphatic heterocycles. The minimum atomic E-state index is -1.27. The van der Waals surface area contributed by atoms with Crippen LogP contribution in [-0.2, 0) is 0 Å². The van der Waals surface area contributed by atoms with Crippen LogP contribution in [0.2, 0.25) is 0 Å². The van der Waals surface area contributed by atoms with Gasteiger partial charge in [0.15, 0.2) is 0 Å². The van der Waals surface area contributed by atoms with E-state index in [-0.39, 0.29) is 11.3 Å². The minimum Gasteiger partial charge on any atom is -0.477 e. The number of nitro benzene ring substituents is 1. The Hall–Kier alpha value is -2.11. The van der Waals surface area contributed by atoms with Crippen molar-refractivity contribution in [1.82, 2.24) is 0 Å². The van der Waals surface area contributed by atoms with Crippen LogP contribution in [0.1, 0.15) is 36.5 Å². The lowest BCUT2D eigenvalue weighted by atomic mass is 9.95. The Kier molecular flexibility index (Phi) is 4.22. The molecule has 0 radical (unpaired) electrons. The summed E-state index contributed by atoms with van der Waals surface area (Å²) in [5, 5.41) is 20.0. The molecule has 1 aliphatic rings. The Morgan fingerprint density at radius 1 is 1.55 bits per heavy atom. The molecule has 20 heavy (non-hydrogen) atoms. The van der Waals surface area contributed by atoms with Crippen LogP contribution >= 0.6 is 0 Å². The summed E-state index contributed by atoms with van der Waals surface area (Å²) in [6.45, 7) is 3.88. The van der Waals surface area contributed by atoms with Gasteiger partial charge in [0, 0.05) is 24.8 Å². The molecule has 0 amide bonds. The molecule has 1 unspecified atom stereocenters. The second kappa shape index (κ2) is 5.90. The first-order valence-electron chi connectivity index (χ1n) is 6.79. The van der Waals surface area contributed by atoms with Gasteiger partial charge in [-0.1, -0.05) is 13.3 Å². The highest BCUT2D eigenvalue weighted by Gasteiger charge is 2.24. The maximum absolute atomic E-state index is 11.0. The van der Waals surface area contributed by atoms with Crippen molar-refractivity contribution < 1.29 is 14.8 Å². The molecular formula is C14H18N2O4. The van der Waals surface area contributed by atoms with Crippen LogP contribution in [-0.4, -0.2) is 29.1 Å². The zero-order valence-electron chi connectivity index (χ0n) is 11.4. The fraction of sp³-hybridized carbons (Fsp3) is 0.500. The quantitative estimate of drug-likeness (QED) is 0.676. The summed E-state index contributed by atoms with van der Waals surface area (Å²) in [6.07, 6.45) is 3.33. The second-order valence-corrected chi connectivity index (χ2v) is 5.13. The summed E-state index contributed by atoms with van der Waals surface area (Å²) < 4.78 is 0. The van der Waals surface area contributed by atoms with Gasteiger partial charge in [-0.3, -0.25) is 10.1 Å². The van der Waals surface area contributed by atoms with Gasteiger partial charge in [-0.15, -0.1) is 0 Å². The first kappa shape index (κ1) is 14.3. The summed E-state index contributed by atoms with van der Waals surface area (Å²) in [7, 11) is 0. The van der Waals surface area contributed by atoms with E-state index in [0.717, 1.165) is 31.6 Å². The van der Waals surface area contributed by atoms with Gasteiger partial charge < -0.3 is 10.0 Å². The fourth-order valence-electron chi connectivity index (χ4n) is 2.68. The van der Waals surface area contributed by atoms with E-state index in [1.807, 2.05) is 0 Å². The number of aromatic carboxylic acids is 1. The molecule has 1 aromatic carbocycles. The third kappa shape index (κ3) is 2.89. The molecule has 1 heterocycles. The molecule has 6 heteroatoms. The molecule has 0 aromatic heterocycles. The van der Waals surface area contributed by atoms with Crippen molar-refractivity contribution in [2.75, 3.05) is 18.0 Å². The maximum Gasteiger partial charge on any atom is 0.342 e. The number of nitrogens with zero attached hydrogens (tertiary/aromatic N) is 2. The monoisotopic (exact) mass is 278 g/mol. The highest BCUT2D eigenvalue weighted by molar-refractivity contribution is 5.93. The Morgan fingerprint density at radius 3 is 2.90 bits per heavy atom. The van der Waals surface area contributed by atoms with E-state index < -0.39 is 10.9 Å².